The lowest BCUT2D eigenvalue weighted by Gasteiger charge is -2.20. The first kappa shape index (κ1) is 18.8. The number of benzene rings is 1. The van der Waals surface area contributed by atoms with Crippen LogP contribution in [-0.4, -0.2) is 28.9 Å². The van der Waals surface area contributed by atoms with Crippen LogP contribution < -0.4 is 5.73 Å². The van der Waals surface area contributed by atoms with Crippen LogP contribution in [0.25, 0.3) is 11.3 Å². The SMILES string of the molecule is Cc1ccc(-c2cnc(CN=C(N)N3CCCCCC3)o2)cc1.I. The predicted molar refractivity (Wildman–Crippen MR) is 107 cm³/mol. The average Bonchev–Trinajstić information content (AvgIpc) is 2.86. The first-order chi connectivity index (χ1) is 11.2. The Labute approximate surface area is 160 Å². The molecule has 0 amide bonds. The van der Waals surface area contributed by atoms with Crippen LogP contribution in [0.4, 0.5) is 0 Å². The van der Waals surface area contributed by atoms with Gasteiger partial charge in [0.1, 0.15) is 6.54 Å². The Hall–Kier alpha value is -1.57. The molecule has 0 aliphatic carbocycles. The number of nitrogens with two attached hydrogens (primary N) is 1. The van der Waals surface area contributed by atoms with E-state index in [9.17, 15) is 0 Å². The molecule has 0 saturated carbocycles. The summed E-state index contributed by atoms with van der Waals surface area (Å²) in [6.45, 7) is 4.44. The van der Waals surface area contributed by atoms with Gasteiger partial charge in [0.2, 0.25) is 5.89 Å². The van der Waals surface area contributed by atoms with E-state index in [1.807, 2.05) is 12.1 Å². The first-order valence-corrected chi connectivity index (χ1v) is 8.29. The molecule has 1 fully saturated rings. The van der Waals surface area contributed by atoms with Crippen molar-refractivity contribution in [2.45, 2.75) is 39.2 Å². The monoisotopic (exact) mass is 440 g/mol. The highest BCUT2D eigenvalue weighted by Crippen LogP contribution is 2.21. The number of guanidine groups is 1. The molecule has 130 valence electrons. The maximum absolute atomic E-state index is 6.11. The van der Waals surface area contributed by atoms with Crippen LogP contribution in [-0.2, 0) is 6.54 Å². The summed E-state index contributed by atoms with van der Waals surface area (Å²) in [6, 6.07) is 8.20. The van der Waals surface area contributed by atoms with Gasteiger partial charge in [0, 0.05) is 18.7 Å². The van der Waals surface area contributed by atoms with Crippen molar-refractivity contribution in [2.75, 3.05) is 13.1 Å². The number of hydrogen-bond acceptors (Lipinski definition) is 3. The smallest absolute Gasteiger partial charge is 0.216 e. The second-order valence-corrected chi connectivity index (χ2v) is 6.06. The largest absolute Gasteiger partial charge is 0.439 e. The van der Waals surface area contributed by atoms with Gasteiger partial charge in [-0.25, -0.2) is 9.98 Å². The summed E-state index contributed by atoms with van der Waals surface area (Å²) in [4.78, 5) is 10.9. The summed E-state index contributed by atoms with van der Waals surface area (Å²) in [5, 5.41) is 0. The maximum Gasteiger partial charge on any atom is 0.216 e. The van der Waals surface area contributed by atoms with Gasteiger partial charge in [-0.3, -0.25) is 0 Å². The van der Waals surface area contributed by atoms with E-state index in [-0.39, 0.29) is 24.0 Å². The fourth-order valence-electron chi connectivity index (χ4n) is 2.78. The number of aryl methyl sites for hydroxylation is 1. The van der Waals surface area contributed by atoms with E-state index in [0.717, 1.165) is 24.4 Å². The molecule has 0 bridgehead atoms. The number of hydrogen-bond donors (Lipinski definition) is 1. The third kappa shape index (κ3) is 4.96. The topological polar surface area (TPSA) is 67.7 Å². The third-order valence-corrected chi connectivity index (χ3v) is 4.20. The molecule has 2 aromatic rings. The molecule has 0 radical (unpaired) electrons. The zero-order valence-electron chi connectivity index (χ0n) is 14.1. The van der Waals surface area contributed by atoms with Crippen molar-refractivity contribution in [2.24, 2.45) is 10.7 Å². The molecule has 0 atom stereocenters. The molecule has 3 rings (SSSR count). The summed E-state index contributed by atoms with van der Waals surface area (Å²) in [6.07, 6.45) is 6.68. The molecule has 1 aromatic heterocycles. The van der Waals surface area contributed by atoms with E-state index >= 15 is 0 Å². The van der Waals surface area contributed by atoms with Gasteiger partial charge in [-0.2, -0.15) is 0 Å². The predicted octanol–water partition coefficient (Wildman–Crippen LogP) is 3.96. The van der Waals surface area contributed by atoms with E-state index in [1.54, 1.807) is 6.20 Å². The first-order valence-electron chi connectivity index (χ1n) is 8.29. The van der Waals surface area contributed by atoms with E-state index < -0.39 is 0 Å². The summed E-state index contributed by atoms with van der Waals surface area (Å²) >= 11 is 0. The average molecular weight is 440 g/mol. The summed E-state index contributed by atoms with van der Waals surface area (Å²) in [5.74, 6) is 1.96. The third-order valence-electron chi connectivity index (χ3n) is 4.20. The minimum Gasteiger partial charge on any atom is -0.439 e. The molecule has 2 heterocycles. The van der Waals surface area contributed by atoms with Crippen LogP contribution in [0, 0.1) is 6.92 Å². The fraction of sp³-hybridized carbons (Fsp3) is 0.444. The minimum atomic E-state index is 0. The second-order valence-electron chi connectivity index (χ2n) is 6.06. The van der Waals surface area contributed by atoms with Crippen molar-refractivity contribution < 1.29 is 4.42 Å². The van der Waals surface area contributed by atoms with E-state index in [1.165, 1.54) is 31.2 Å². The lowest BCUT2D eigenvalue weighted by Crippen LogP contribution is -2.38. The fourth-order valence-corrected chi connectivity index (χ4v) is 2.78. The molecule has 1 aliphatic heterocycles. The molecule has 2 N–H and O–H groups in total. The summed E-state index contributed by atoms with van der Waals surface area (Å²) in [7, 11) is 0. The Morgan fingerprint density at radius 2 is 1.83 bits per heavy atom. The molecule has 0 unspecified atom stereocenters. The molecule has 1 aromatic carbocycles. The number of likely N-dealkylation sites (tertiary alicyclic amines) is 1. The van der Waals surface area contributed by atoms with E-state index in [2.05, 4.69) is 33.9 Å². The van der Waals surface area contributed by atoms with Gasteiger partial charge in [0.15, 0.2) is 11.7 Å². The number of nitrogens with zero attached hydrogens (tertiary/aromatic N) is 3. The zero-order chi connectivity index (χ0) is 16.1. The highest BCUT2D eigenvalue weighted by Gasteiger charge is 2.11. The van der Waals surface area contributed by atoms with Gasteiger partial charge in [-0.05, 0) is 19.8 Å². The number of aliphatic imine (C=N–C) groups is 1. The standard InChI is InChI=1S/C18H24N4O.HI/c1-14-6-8-15(9-7-14)16-12-20-17(23-16)13-21-18(19)22-10-4-2-3-5-11-22;/h6-9,12H,2-5,10-11,13H2,1H3,(H2,19,21);1H. The molecular formula is C18H25IN4O. The van der Waals surface area contributed by atoms with Crippen molar-refractivity contribution in [3.05, 3.63) is 41.9 Å². The van der Waals surface area contributed by atoms with Crippen LogP contribution in [0.15, 0.2) is 39.9 Å². The Morgan fingerprint density at radius 1 is 1.17 bits per heavy atom. The van der Waals surface area contributed by atoms with Crippen molar-refractivity contribution >= 4 is 29.9 Å². The van der Waals surface area contributed by atoms with Gasteiger partial charge in [0.25, 0.3) is 0 Å². The van der Waals surface area contributed by atoms with Crippen LogP contribution in [0.1, 0.15) is 37.1 Å². The molecule has 1 saturated heterocycles. The molecule has 24 heavy (non-hydrogen) atoms. The number of aromatic nitrogens is 1. The van der Waals surface area contributed by atoms with Crippen molar-refractivity contribution in [3.63, 3.8) is 0 Å². The minimum absolute atomic E-state index is 0. The van der Waals surface area contributed by atoms with Crippen molar-refractivity contribution in [1.29, 1.82) is 0 Å². The number of oxazole rings is 1. The van der Waals surface area contributed by atoms with Crippen LogP contribution in [0.3, 0.4) is 0 Å². The highest BCUT2D eigenvalue weighted by molar-refractivity contribution is 14.0. The lowest BCUT2D eigenvalue weighted by molar-refractivity contribution is 0.426. The molecule has 5 nitrogen and oxygen atoms in total. The number of rotatable bonds is 3. The number of halogens is 1. The molecule has 6 heteroatoms. The van der Waals surface area contributed by atoms with E-state index in [0.29, 0.717) is 18.4 Å². The highest BCUT2D eigenvalue weighted by atomic mass is 127. The van der Waals surface area contributed by atoms with Gasteiger partial charge < -0.3 is 15.1 Å². The Morgan fingerprint density at radius 3 is 2.50 bits per heavy atom. The van der Waals surface area contributed by atoms with Crippen LogP contribution in [0.5, 0.6) is 0 Å². The van der Waals surface area contributed by atoms with E-state index in [4.69, 9.17) is 10.2 Å². The van der Waals surface area contributed by atoms with Crippen molar-refractivity contribution in [1.82, 2.24) is 9.88 Å². The lowest BCUT2D eigenvalue weighted by atomic mass is 10.1. The van der Waals surface area contributed by atoms with Gasteiger partial charge in [0.05, 0.1) is 6.20 Å². The summed E-state index contributed by atoms with van der Waals surface area (Å²) in [5.41, 5.74) is 8.36. The second kappa shape index (κ2) is 9.05. The van der Waals surface area contributed by atoms with Crippen LogP contribution >= 0.6 is 24.0 Å². The van der Waals surface area contributed by atoms with Gasteiger partial charge >= 0.3 is 0 Å². The molecule has 0 spiro atoms. The van der Waals surface area contributed by atoms with Gasteiger partial charge in [-0.15, -0.1) is 24.0 Å². The Kier molecular flexibility index (Phi) is 7.08. The van der Waals surface area contributed by atoms with Crippen LogP contribution in [0.2, 0.25) is 0 Å². The maximum atomic E-state index is 6.11. The quantitative estimate of drug-likeness (QED) is 0.446. The van der Waals surface area contributed by atoms with Crippen molar-refractivity contribution in [3.8, 4) is 11.3 Å². The summed E-state index contributed by atoms with van der Waals surface area (Å²) < 4.78 is 5.78. The molecular weight excluding hydrogens is 415 g/mol. The molecule has 1 aliphatic rings. The normalized spacial score (nSPS) is 15.7. The Balaban J connectivity index is 0.00000208. The Bertz CT molecular complexity index is 658. The zero-order valence-corrected chi connectivity index (χ0v) is 16.4. The van der Waals surface area contributed by atoms with Gasteiger partial charge in [-0.1, -0.05) is 42.7 Å².